The van der Waals surface area contributed by atoms with Gasteiger partial charge in [0.15, 0.2) is 0 Å². The van der Waals surface area contributed by atoms with Gasteiger partial charge in [0, 0.05) is 0 Å². The molecule has 0 aromatic carbocycles. The van der Waals surface area contributed by atoms with Crippen molar-refractivity contribution in [2.24, 2.45) is 0 Å². The summed E-state index contributed by atoms with van der Waals surface area (Å²) in [7, 11) is 7.90. The zero-order chi connectivity index (χ0) is 9.52. The molecule has 0 N–H and O–H groups in total. The predicted octanol–water partition coefficient (Wildman–Crippen LogP) is 2.41. The van der Waals surface area contributed by atoms with Crippen molar-refractivity contribution in [3.05, 3.63) is 23.6 Å². The van der Waals surface area contributed by atoms with Crippen LogP contribution in [0.5, 0.6) is 0 Å². The Labute approximate surface area is 83.4 Å². The number of allylic oxidation sites excluding steroid dienone is 2. The molecule has 2 heteroatoms. The van der Waals surface area contributed by atoms with Gasteiger partial charge in [-0.15, -0.1) is 0 Å². The minimum atomic E-state index is 0.944. The van der Waals surface area contributed by atoms with Crippen LogP contribution in [0.3, 0.4) is 0 Å². The van der Waals surface area contributed by atoms with Gasteiger partial charge in [-0.3, -0.25) is 0 Å². The first-order valence-corrected chi connectivity index (χ1v) is 5.18. The molecule has 13 heavy (non-hydrogen) atoms. The Morgan fingerprint density at radius 3 is 2.85 bits per heavy atom. The molecule has 0 fully saturated rings. The first kappa shape index (κ1) is 10.6. The van der Waals surface area contributed by atoms with Gasteiger partial charge >= 0.3 is 82.9 Å². The van der Waals surface area contributed by atoms with Crippen LogP contribution in [-0.4, -0.2) is 20.2 Å². The number of unbranched alkanes of at least 4 members (excludes halogenated alkanes) is 3. The zero-order valence-electron chi connectivity index (χ0n) is 8.42. The van der Waals surface area contributed by atoms with Crippen molar-refractivity contribution in [3.8, 4) is 0 Å². The van der Waals surface area contributed by atoms with E-state index in [1.807, 2.05) is 12.1 Å². The standard InChI is InChI=1S/C11H16B2/c1-2-3-4-5-6-10-9-13-8-7-11(10)12/h7-9H,2-6H2,1H3. The first-order chi connectivity index (χ1) is 6.34. The summed E-state index contributed by atoms with van der Waals surface area (Å²) in [4.78, 5) is 0. The SMILES string of the molecule is [B]=C1C=C[B]C=C1CCCCCC. The van der Waals surface area contributed by atoms with Crippen LogP contribution < -0.4 is 0 Å². The molecule has 0 aromatic heterocycles. The molecule has 1 aliphatic rings. The molecule has 0 saturated heterocycles. The molecule has 0 amide bonds. The minimum absolute atomic E-state index is 0.944. The van der Waals surface area contributed by atoms with Crippen molar-refractivity contribution in [3.63, 3.8) is 0 Å². The van der Waals surface area contributed by atoms with Crippen LogP contribution in [0.4, 0.5) is 0 Å². The molecule has 2 radical (unpaired) electrons. The van der Waals surface area contributed by atoms with Crippen molar-refractivity contribution in [1.29, 1.82) is 0 Å². The van der Waals surface area contributed by atoms with Crippen LogP contribution in [0.2, 0.25) is 0 Å². The molecule has 1 heterocycles. The van der Waals surface area contributed by atoms with Gasteiger partial charge in [0.05, 0.1) is 0 Å². The molecule has 66 valence electrons. The summed E-state index contributed by atoms with van der Waals surface area (Å²) in [5.74, 6) is 4.12. The summed E-state index contributed by atoms with van der Waals surface area (Å²) in [6, 6.07) is 0. The van der Waals surface area contributed by atoms with Gasteiger partial charge in [-0.1, -0.05) is 0 Å². The van der Waals surface area contributed by atoms with E-state index in [4.69, 9.17) is 7.49 Å². The Morgan fingerprint density at radius 2 is 2.15 bits per heavy atom. The van der Waals surface area contributed by atoms with Gasteiger partial charge in [-0.25, -0.2) is 0 Å². The fourth-order valence-electron chi connectivity index (χ4n) is 1.50. The monoisotopic (exact) mass is 170 g/mol. The van der Waals surface area contributed by atoms with E-state index in [0.717, 1.165) is 11.9 Å². The molecular formula is C11H16B2. The molecule has 0 unspecified atom stereocenters. The molecular weight excluding hydrogens is 154 g/mol. The Morgan fingerprint density at radius 1 is 1.31 bits per heavy atom. The van der Waals surface area contributed by atoms with E-state index >= 15 is 0 Å². The van der Waals surface area contributed by atoms with Gasteiger partial charge in [-0.2, -0.15) is 0 Å². The van der Waals surface area contributed by atoms with Gasteiger partial charge in [0.25, 0.3) is 0 Å². The van der Waals surface area contributed by atoms with Crippen LogP contribution in [-0.2, 0) is 0 Å². The van der Waals surface area contributed by atoms with Crippen LogP contribution in [0, 0.1) is 0 Å². The average Bonchev–Trinajstić information content (AvgIpc) is 2.15. The molecule has 1 aliphatic heterocycles. The van der Waals surface area contributed by atoms with Crippen LogP contribution in [0.15, 0.2) is 23.6 Å². The summed E-state index contributed by atoms with van der Waals surface area (Å²) in [6.07, 6.45) is 8.34. The van der Waals surface area contributed by atoms with Crippen molar-refractivity contribution in [2.45, 2.75) is 39.0 Å². The van der Waals surface area contributed by atoms with Crippen molar-refractivity contribution < 1.29 is 0 Å². The Balaban J connectivity index is 2.21. The number of rotatable bonds is 5. The molecule has 0 aromatic rings. The summed E-state index contributed by atoms with van der Waals surface area (Å²) >= 11 is 0. The Bertz CT molecular complexity index is 226. The predicted molar refractivity (Wildman–Crippen MR) is 62.5 cm³/mol. The van der Waals surface area contributed by atoms with E-state index in [2.05, 4.69) is 20.2 Å². The van der Waals surface area contributed by atoms with Crippen LogP contribution in [0.25, 0.3) is 0 Å². The van der Waals surface area contributed by atoms with E-state index in [-0.39, 0.29) is 0 Å². The molecule has 0 bridgehead atoms. The third kappa shape index (κ3) is 3.80. The third-order valence-corrected chi connectivity index (χ3v) is 2.35. The number of hydrogen-bond acceptors (Lipinski definition) is 0. The van der Waals surface area contributed by atoms with E-state index in [1.54, 1.807) is 0 Å². The third-order valence-electron chi connectivity index (χ3n) is 2.35. The summed E-state index contributed by atoms with van der Waals surface area (Å²) in [5.41, 5.74) is 2.25. The second kappa shape index (κ2) is 6.01. The van der Waals surface area contributed by atoms with Crippen molar-refractivity contribution in [2.75, 3.05) is 0 Å². The van der Waals surface area contributed by atoms with Crippen molar-refractivity contribution in [1.82, 2.24) is 0 Å². The normalized spacial score (nSPS) is 15.4. The van der Waals surface area contributed by atoms with E-state index in [0.29, 0.717) is 0 Å². The first-order valence-electron chi connectivity index (χ1n) is 5.18. The Hall–Kier alpha value is -0.520. The Kier molecular flexibility index (Phi) is 4.88. The maximum atomic E-state index is 5.84. The van der Waals surface area contributed by atoms with Crippen molar-refractivity contribution >= 4 is 20.2 Å². The summed E-state index contributed by atoms with van der Waals surface area (Å²) in [5, 5.41) is 0. The molecule has 0 aliphatic carbocycles. The molecule has 0 spiro atoms. The quantitative estimate of drug-likeness (QED) is 0.438. The molecule has 0 atom stereocenters. The second-order valence-corrected chi connectivity index (χ2v) is 3.51. The van der Waals surface area contributed by atoms with Crippen LogP contribution in [0.1, 0.15) is 39.0 Å². The summed E-state index contributed by atoms with van der Waals surface area (Å²) in [6.45, 7) is 2.23. The average molecular weight is 170 g/mol. The molecule has 0 saturated carbocycles. The maximum absolute atomic E-state index is 5.84. The van der Waals surface area contributed by atoms with E-state index in [1.165, 1.54) is 31.3 Å². The second-order valence-electron chi connectivity index (χ2n) is 3.51. The molecule has 1 rings (SSSR count). The summed E-state index contributed by atoms with van der Waals surface area (Å²) < 4.78 is 0. The van der Waals surface area contributed by atoms with E-state index < -0.39 is 0 Å². The fraction of sp³-hybridized carbons (Fsp3) is 0.545. The number of hydrogen-bond donors (Lipinski definition) is 0. The van der Waals surface area contributed by atoms with Crippen LogP contribution >= 0.6 is 0 Å². The molecule has 0 nitrogen and oxygen atoms in total. The van der Waals surface area contributed by atoms with E-state index in [9.17, 15) is 0 Å². The topological polar surface area (TPSA) is 0 Å². The van der Waals surface area contributed by atoms with Gasteiger partial charge in [-0.05, 0) is 0 Å². The van der Waals surface area contributed by atoms with Gasteiger partial charge in [0.1, 0.15) is 0 Å². The van der Waals surface area contributed by atoms with Gasteiger partial charge in [0.2, 0.25) is 0 Å². The van der Waals surface area contributed by atoms with Gasteiger partial charge < -0.3 is 0 Å². The fourth-order valence-corrected chi connectivity index (χ4v) is 1.50. The zero-order valence-corrected chi connectivity index (χ0v) is 8.42.